The first-order chi connectivity index (χ1) is 11.1. The zero-order valence-corrected chi connectivity index (χ0v) is 13.6. The van der Waals surface area contributed by atoms with Crippen molar-refractivity contribution in [1.29, 1.82) is 0 Å². The van der Waals surface area contributed by atoms with E-state index in [0.29, 0.717) is 34.4 Å². The van der Waals surface area contributed by atoms with Gasteiger partial charge in [-0.1, -0.05) is 17.7 Å². The molecular weight excluding hydrogens is 318 g/mol. The molecule has 1 heterocycles. The second kappa shape index (κ2) is 6.38. The van der Waals surface area contributed by atoms with Crippen molar-refractivity contribution in [2.24, 2.45) is 0 Å². The van der Waals surface area contributed by atoms with Crippen LogP contribution in [-0.4, -0.2) is 19.8 Å². The largest absolute Gasteiger partial charge is 0.496 e. The van der Waals surface area contributed by atoms with Crippen LogP contribution in [0.2, 0.25) is 5.02 Å². The fourth-order valence-corrected chi connectivity index (χ4v) is 2.77. The average Bonchev–Trinajstić information content (AvgIpc) is 2.99. The summed E-state index contributed by atoms with van der Waals surface area (Å²) in [4.78, 5) is 12.4. The summed E-state index contributed by atoms with van der Waals surface area (Å²) in [6, 6.07) is 8.92. The molecule has 1 aliphatic heterocycles. The van der Waals surface area contributed by atoms with Crippen LogP contribution in [0.25, 0.3) is 0 Å². The molecule has 0 saturated heterocycles. The van der Waals surface area contributed by atoms with Gasteiger partial charge in [-0.25, -0.2) is 0 Å². The van der Waals surface area contributed by atoms with E-state index in [1.165, 1.54) is 7.11 Å². The smallest absolute Gasteiger partial charge is 0.255 e. The third kappa shape index (κ3) is 3.19. The van der Waals surface area contributed by atoms with E-state index >= 15 is 0 Å². The summed E-state index contributed by atoms with van der Waals surface area (Å²) in [6.45, 7) is 2.44. The minimum atomic E-state index is -0.245. The molecule has 1 amide bonds. The molecule has 0 aliphatic carbocycles. The Kier molecular flexibility index (Phi) is 4.30. The van der Waals surface area contributed by atoms with Gasteiger partial charge in [-0.2, -0.15) is 0 Å². The second-order valence-corrected chi connectivity index (χ2v) is 5.61. The van der Waals surface area contributed by atoms with Crippen molar-refractivity contribution >= 4 is 17.5 Å². The lowest BCUT2D eigenvalue weighted by atomic mass is 10.1. The molecule has 0 bridgehead atoms. The van der Waals surface area contributed by atoms with Crippen molar-refractivity contribution in [3.05, 3.63) is 52.0 Å². The third-order valence-electron chi connectivity index (χ3n) is 3.58. The van der Waals surface area contributed by atoms with Gasteiger partial charge in [0.15, 0.2) is 11.5 Å². The van der Waals surface area contributed by atoms with Crippen molar-refractivity contribution in [3.8, 4) is 17.2 Å². The normalized spacial score (nSPS) is 12.1. The number of nitrogens with one attached hydrogen (secondary N) is 1. The Morgan fingerprint density at radius 3 is 2.83 bits per heavy atom. The Morgan fingerprint density at radius 1 is 1.26 bits per heavy atom. The molecule has 3 rings (SSSR count). The van der Waals surface area contributed by atoms with Gasteiger partial charge in [-0.15, -0.1) is 0 Å². The number of benzene rings is 2. The predicted molar refractivity (Wildman–Crippen MR) is 86.5 cm³/mol. The molecule has 2 aromatic rings. The number of hydrogen-bond donors (Lipinski definition) is 1. The molecule has 0 unspecified atom stereocenters. The third-order valence-corrected chi connectivity index (χ3v) is 3.80. The molecule has 0 spiro atoms. The molecule has 120 valence electrons. The lowest BCUT2D eigenvalue weighted by molar-refractivity contribution is 0.0947. The number of ether oxygens (including phenoxy) is 3. The molecule has 2 aromatic carbocycles. The van der Waals surface area contributed by atoms with Crippen molar-refractivity contribution in [2.45, 2.75) is 13.5 Å². The summed E-state index contributed by atoms with van der Waals surface area (Å²) in [5.41, 5.74) is 2.15. The van der Waals surface area contributed by atoms with E-state index in [1.807, 2.05) is 25.1 Å². The van der Waals surface area contributed by atoms with Crippen LogP contribution in [0.1, 0.15) is 21.5 Å². The highest BCUT2D eigenvalue weighted by atomic mass is 35.5. The highest BCUT2D eigenvalue weighted by molar-refractivity contribution is 6.31. The number of rotatable bonds is 4. The number of methoxy groups -OCH3 is 1. The number of fused-ring (bicyclic) bond motifs is 1. The molecule has 1 aliphatic rings. The van der Waals surface area contributed by atoms with Gasteiger partial charge in [0.2, 0.25) is 6.79 Å². The SMILES string of the molecule is COc1c(C)cc(Cl)cc1C(=O)NCc1ccc2c(c1)OCO2. The van der Waals surface area contributed by atoms with Gasteiger partial charge in [0.05, 0.1) is 12.7 Å². The molecule has 0 radical (unpaired) electrons. The number of amides is 1. The van der Waals surface area contributed by atoms with Crippen LogP contribution in [0.15, 0.2) is 30.3 Å². The molecule has 0 aromatic heterocycles. The van der Waals surface area contributed by atoms with Gasteiger partial charge in [0.1, 0.15) is 5.75 Å². The first-order valence-corrected chi connectivity index (χ1v) is 7.47. The maximum atomic E-state index is 12.4. The number of hydrogen-bond acceptors (Lipinski definition) is 4. The Labute approximate surface area is 139 Å². The first-order valence-electron chi connectivity index (χ1n) is 7.09. The lowest BCUT2D eigenvalue weighted by Crippen LogP contribution is -2.23. The Morgan fingerprint density at radius 2 is 2.04 bits per heavy atom. The summed E-state index contributed by atoms with van der Waals surface area (Å²) in [5, 5.41) is 3.36. The maximum absolute atomic E-state index is 12.4. The van der Waals surface area contributed by atoms with Gasteiger partial charge in [0.25, 0.3) is 5.91 Å². The van der Waals surface area contributed by atoms with Crippen LogP contribution in [0.4, 0.5) is 0 Å². The number of halogens is 1. The molecule has 0 saturated carbocycles. The average molecular weight is 334 g/mol. The summed E-state index contributed by atoms with van der Waals surface area (Å²) >= 11 is 6.04. The number of carbonyl (C=O) groups is 1. The van der Waals surface area contributed by atoms with Crippen LogP contribution in [0.5, 0.6) is 17.2 Å². The van der Waals surface area contributed by atoms with Gasteiger partial charge >= 0.3 is 0 Å². The highest BCUT2D eigenvalue weighted by Gasteiger charge is 2.17. The molecule has 23 heavy (non-hydrogen) atoms. The molecule has 0 fully saturated rings. The van der Waals surface area contributed by atoms with E-state index in [9.17, 15) is 4.79 Å². The van der Waals surface area contributed by atoms with Crippen LogP contribution < -0.4 is 19.5 Å². The topological polar surface area (TPSA) is 56.8 Å². The first kappa shape index (κ1) is 15.5. The van der Waals surface area contributed by atoms with Crippen molar-refractivity contribution in [2.75, 3.05) is 13.9 Å². The van der Waals surface area contributed by atoms with Gasteiger partial charge < -0.3 is 19.5 Å². The minimum Gasteiger partial charge on any atom is -0.496 e. The van der Waals surface area contributed by atoms with Crippen LogP contribution in [0, 0.1) is 6.92 Å². The molecule has 5 nitrogen and oxygen atoms in total. The second-order valence-electron chi connectivity index (χ2n) is 5.17. The van der Waals surface area contributed by atoms with Gasteiger partial charge in [0, 0.05) is 11.6 Å². The number of aryl methyl sites for hydroxylation is 1. The fourth-order valence-electron chi connectivity index (χ4n) is 2.50. The summed E-state index contributed by atoms with van der Waals surface area (Å²) < 4.78 is 15.9. The molecular formula is C17H16ClNO4. The van der Waals surface area contributed by atoms with E-state index in [4.69, 9.17) is 25.8 Å². The molecule has 6 heteroatoms. The van der Waals surface area contributed by atoms with Gasteiger partial charge in [-0.05, 0) is 42.3 Å². The quantitative estimate of drug-likeness (QED) is 0.932. The van der Waals surface area contributed by atoms with E-state index in [2.05, 4.69) is 5.32 Å². The minimum absolute atomic E-state index is 0.226. The predicted octanol–water partition coefficient (Wildman–Crippen LogP) is 3.32. The maximum Gasteiger partial charge on any atom is 0.255 e. The van der Waals surface area contributed by atoms with Crippen molar-refractivity contribution in [3.63, 3.8) is 0 Å². The fraction of sp³-hybridized carbons (Fsp3) is 0.235. The Bertz CT molecular complexity index is 760. The van der Waals surface area contributed by atoms with Crippen molar-refractivity contribution < 1.29 is 19.0 Å². The van der Waals surface area contributed by atoms with E-state index in [-0.39, 0.29) is 12.7 Å². The van der Waals surface area contributed by atoms with Crippen molar-refractivity contribution in [1.82, 2.24) is 5.32 Å². The Balaban J connectivity index is 1.75. The van der Waals surface area contributed by atoms with Crippen LogP contribution in [-0.2, 0) is 6.54 Å². The standard InChI is InChI=1S/C17H16ClNO4/c1-10-5-12(18)7-13(16(10)21-2)17(20)19-8-11-3-4-14-15(6-11)23-9-22-14/h3-7H,8-9H2,1-2H3,(H,19,20). The Hall–Kier alpha value is -2.40. The van der Waals surface area contributed by atoms with Gasteiger partial charge in [-0.3, -0.25) is 4.79 Å². The molecule has 1 N–H and O–H groups in total. The van der Waals surface area contributed by atoms with Crippen LogP contribution in [0.3, 0.4) is 0 Å². The zero-order chi connectivity index (χ0) is 16.4. The zero-order valence-electron chi connectivity index (χ0n) is 12.8. The monoisotopic (exact) mass is 333 g/mol. The van der Waals surface area contributed by atoms with E-state index < -0.39 is 0 Å². The summed E-state index contributed by atoms with van der Waals surface area (Å²) in [5.74, 6) is 1.68. The molecule has 0 atom stereocenters. The number of carbonyl (C=O) groups excluding carboxylic acids is 1. The summed E-state index contributed by atoms with van der Waals surface area (Å²) in [7, 11) is 1.53. The van der Waals surface area contributed by atoms with E-state index in [0.717, 1.165) is 11.1 Å². The van der Waals surface area contributed by atoms with Crippen LogP contribution >= 0.6 is 11.6 Å². The summed E-state index contributed by atoms with van der Waals surface area (Å²) in [6.07, 6.45) is 0. The van der Waals surface area contributed by atoms with E-state index in [1.54, 1.807) is 12.1 Å². The lowest BCUT2D eigenvalue weighted by Gasteiger charge is -2.12. The highest BCUT2D eigenvalue weighted by Crippen LogP contribution is 2.32.